The van der Waals surface area contributed by atoms with Gasteiger partial charge in [0.15, 0.2) is 0 Å². The summed E-state index contributed by atoms with van der Waals surface area (Å²) in [6.07, 6.45) is 65.6. The van der Waals surface area contributed by atoms with Gasteiger partial charge in [0.1, 0.15) is 0 Å². The number of aliphatic hydroxyl groups is 2. The van der Waals surface area contributed by atoms with E-state index in [1.54, 1.807) is 6.08 Å². The molecule has 63 heavy (non-hydrogen) atoms. The van der Waals surface area contributed by atoms with Crippen LogP contribution >= 0.6 is 0 Å². The van der Waals surface area contributed by atoms with Gasteiger partial charge in [0, 0.05) is 12.8 Å². The van der Waals surface area contributed by atoms with Crippen LogP contribution in [0.15, 0.2) is 48.6 Å². The molecule has 6 nitrogen and oxygen atoms in total. The fourth-order valence-electron chi connectivity index (χ4n) is 8.06. The molecule has 0 aliphatic heterocycles. The molecule has 2 atom stereocenters. The van der Waals surface area contributed by atoms with Gasteiger partial charge >= 0.3 is 5.97 Å². The van der Waals surface area contributed by atoms with Crippen molar-refractivity contribution < 1.29 is 24.5 Å². The average Bonchev–Trinajstić information content (AvgIpc) is 3.28. The molecule has 368 valence electrons. The van der Waals surface area contributed by atoms with Gasteiger partial charge in [-0.15, -0.1) is 0 Å². The van der Waals surface area contributed by atoms with Crippen molar-refractivity contribution in [2.24, 2.45) is 0 Å². The monoisotopic (exact) mass is 884 g/mol. The molecule has 0 saturated heterocycles. The van der Waals surface area contributed by atoms with E-state index in [-0.39, 0.29) is 18.5 Å². The number of carbonyl (C=O) groups excluding carboxylic acids is 2. The third-order valence-corrected chi connectivity index (χ3v) is 12.3. The highest BCUT2D eigenvalue weighted by Crippen LogP contribution is 2.15. The van der Waals surface area contributed by atoms with Crippen molar-refractivity contribution in [1.82, 2.24) is 5.32 Å². The maximum Gasteiger partial charge on any atom is 0.305 e. The van der Waals surface area contributed by atoms with Crippen molar-refractivity contribution in [3.8, 4) is 0 Å². The lowest BCUT2D eigenvalue weighted by molar-refractivity contribution is -0.143. The molecular formula is C57H105NO5. The Hall–Kier alpha value is -2.18. The van der Waals surface area contributed by atoms with Gasteiger partial charge in [-0.2, -0.15) is 0 Å². The van der Waals surface area contributed by atoms with Gasteiger partial charge in [-0.3, -0.25) is 9.59 Å². The second kappa shape index (κ2) is 52.4. The van der Waals surface area contributed by atoms with E-state index in [1.807, 2.05) is 6.08 Å². The molecule has 0 aromatic rings. The summed E-state index contributed by atoms with van der Waals surface area (Å²) < 4.78 is 5.44. The van der Waals surface area contributed by atoms with Crippen molar-refractivity contribution in [3.05, 3.63) is 48.6 Å². The Labute approximate surface area is 391 Å². The van der Waals surface area contributed by atoms with Gasteiger partial charge in [0.05, 0.1) is 25.4 Å². The maximum absolute atomic E-state index is 12.4. The van der Waals surface area contributed by atoms with E-state index in [1.165, 1.54) is 186 Å². The fourth-order valence-corrected chi connectivity index (χ4v) is 8.06. The Morgan fingerprint density at radius 2 is 0.810 bits per heavy atom. The summed E-state index contributed by atoms with van der Waals surface area (Å²) in [5.41, 5.74) is 0. The van der Waals surface area contributed by atoms with Gasteiger partial charge in [-0.25, -0.2) is 0 Å². The van der Waals surface area contributed by atoms with Crippen molar-refractivity contribution in [2.75, 3.05) is 13.2 Å². The number of hydrogen-bond acceptors (Lipinski definition) is 5. The molecule has 1 amide bonds. The molecule has 0 fully saturated rings. The zero-order valence-corrected chi connectivity index (χ0v) is 41.8. The van der Waals surface area contributed by atoms with Gasteiger partial charge in [0.2, 0.25) is 5.91 Å². The number of amides is 1. The highest BCUT2D eigenvalue weighted by molar-refractivity contribution is 5.76. The van der Waals surface area contributed by atoms with Gasteiger partial charge in [-0.1, -0.05) is 229 Å². The number of esters is 1. The summed E-state index contributed by atoms with van der Waals surface area (Å²) in [6.45, 7) is 4.84. The number of allylic oxidation sites excluding steroid dienone is 7. The van der Waals surface area contributed by atoms with E-state index in [0.717, 1.165) is 64.2 Å². The van der Waals surface area contributed by atoms with E-state index in [4.69, 9.17) is 4.74 Å². The zero-order valence-electron chi connectivity index (χ0n) is 41.8. The molecular weight excluding hydrogens is 779 g/mol. The minimum Gasteiger partial charge on any atom is -0.466 e. The SMILES string of the molecule is CCCC/C=C\CCCCCCCC(=O)OCCCCCCCCCCC/C=C\C/C=C\CCCCCCCCCC(=O)NC(CO)C(O)/C=C/CCCCCCCCCCCC. The molecule has 0 radical (unpaired) electrons. The first-order chi connectivity index (χ1) is 31.0. The van der Waals surface area contributed by atoms with Gasteiger partial charge in [-0.05, 0) is 83.5 Å². The number of ether oxygens (including phenoxy) is 1. The molecule has 0 bridgehead atoms. The second-order valence-corrected chi connectivity index (χ2v) is 18.5. The van der Waals surface area contributed by atoms with E-state index < -0.39 is 12.1 Å². The zero-order chi connectivity index (χ0) is 45.8. The van der Waals surface area contributed by atoms with Crippen LogP contribution in [-0.2, 0) is 14.3 Å². The average molecular weight is 884 g/mol. The van der Waals surface area contributed by atoms with Crippen molar-refractivity contribution in [1.29, 1.82) is 0 Å². The molecule has 2 unspecified atom stereocenters. The quantitative estimate of drug-likeness (QED) is 0.0321. The smallest absolute Gasteiger partial charge is 0.305 e. The number of aliphatic hydroxyl groups excluding tert-OH is 2. The molecule has 6 heteroatoms. The van der Waals surface area contributed by atoms with Crippen LogP contribution in [-0.4, -0.2) is 47.4 Å². The number of hydrogen-bond donors (Lipinski definition) is 3. The van der Waals surface area contributed by atoms with Crippen LogP contribution in [0.1, 0.15) is 277 Å². The van der Waals surface area contributed by atoms with E-state index in [0.29, 0.717) is 19.4 Å². The van der Waals surface area contributed by atoms with Crippen LogP contribution < -0.4 is 5.32 Å². The normalized spacial score (nSPS) is 13.0. The highest BCUT2D eigenvalue weighted by Gasteiger charge is 2.18. The van der Waals surface area contributed by atoms with Crippen LogP contribution in [0.2, 0.25) is 0 Å². The Bertz CT molecular complexity index is 1070. The van der Waals surface area contributed by atoms with Crippen LogP contribution in [0.3, 0.4) is 0 Å². The lowest BCUT2D eigenvalue weighted by atomic mass is 10.1. The first kappa shape index (κ1) is 60.8. The molecule has 0 rings (SSSR count). The maximum atomic E-state index is 12.4. The number of nitrogens with one attached hydrogen (secondary N) is 1. The summed E-state index contributed by atoms with van der Waals surface area (Å²) in [7, 11) is 0. The van der Waals surface area contributed by atoms with Crippen molar-refractivity contribution in [3.63, 3.8) is 0 Å². The number of carbonyl (C=O) groups is 2. The van der Waals surface area contributed by atoms with Crippen LogP contribution in [0, 0.1) is 0 Å². The highest BCUT2D eigenvalue weighted by atomic mass is 16.5. The molecule has 3 N–H and O–H groups in total. The molecule has 0 aromatic carbocycles. The Kier molecular flexibility index (Phi) is 50.6. The molecule has 0 aromatic heterocycles. The number of rotatable bonds is 50. The third kappa shape index (κ3) is 49.1. The summed E-state index contributed by atoms with van der Waals surface area (Å²) >= 11 is 0. The predicted octanol–water partition coefficient (Wildman–Crippen LogP) is 16.6. The topological polar surface area (TPSA) is 95.9 Å². The predicted molar refractivity (Wildman–Crippen MR) is 273 cm³/mol. The molecule has 0 heterocycles. The molecule has 0 saturated carbocycles. The summed E-state index contributed by atoms with van der Waals surface area (Å²) in [5.74, 6) is -0.0857. The first-order valence-electron chi connectivity index (χ1n) is 27.4. The minimum absolute atomic E-state index is 0.00548. The van der Waals surface area contributed by atoms with E-state index in [9.17, 15) is 19.8 Å². The summed E-state index contributed by atoms with van der Waals surface area (Å²) in [5, 5.41) is 23.0. The Morgan fingerprint density at radius 3 is 1.27 bits per heavy atom. The van der Waals surface area contributed by atoms with E-state index in [2.05, 4.69) is 55.6 Å². The van der Waals surface area contributed by atoms with Crippen LogP contribution in [0.25, 0.3) is 0 Å². The lowest BCUT2D eigenvalue weighted by Gasteiger charge is -2.20. The first-order valence-corrected chi connectivity index (χ1v) is 27.4. The third-order valence-electron chi connectivity index (χ3n) is 12.3. The fraction of sp³-hybridized carbons (Fsp3) is 0.825. The van der Waals surface area contributed by atoms with E-state index >= 15 is 0 Å². The van der Waals surface area contributed by atoms with Gasteiger partial charge < -0.3 is 20.3 Å². The van der Waals surface area contributed by atoms with Crippen molar-refractivity contribution >= 4 is 11.9 Å². The Balaban J connectivity index is 3.48. The lowest BCUT2D eigenvalue weighted by Crippen LogP contribution is -2.45. The molecule has 0 spiro atoms. The van der Waals surface area contributed by atoms with Gasteiger partial charge in [0.25, 0.3) is 0 Å². The standard InChI is InChI=1S/C57H105NO5/c1-3-5-7-9-11-13-15-30-33-37-41-45-49-55(60)54(53-59)58-56(61)50-46-42-38-34-31-27-25-23-21-19-17-16-18-20-22-24-26-28-32-36-40-44-48-52-63-57(62)51-47-43-39-35-29-14-12-10-8-6-4-2/h10,12,16,18-19,21,45,49,54-55,59-60H,3-9,11,13-15,17,20,22-44,46-48,50-53H2,1-2H3,(H,58,61)/b12-10-,18-16-,21-19-,49-45+. The largest absolute Gasteiger partial charge is 0.466 e. The van der Waals surface area contributed by atoms with Crippen LogP contribution in [0.4, 0.5) is 0 Å². The Morgan fingerprint density at radius 1 is 0.444 bits per heavy atom. The minimum atomic E-state index is -0.850. The second-order valence-electron chi connectivity index (χ2n) is 18.5. The summed E-state index contributed by atoms with van der Waals surface area (Å²) in [4.78, 5) is 24.4. The van der Waals surface area contributed by atoms with Crippen LogP contribution in [0.5, 0.6) is 0 Å². The van der Waals surface area contributed by atoms with Crippen molar-refractivity contribution in [2.45, 2.75) is 289 Å². The molecule has 0 aliphatic carbocycles. The molecule has 0 aliphatic rings. The number of unbranched alkanes of at least 4 members (excludes halogenated alkanes) is 33. The summed E-state index contributed by atoms with van der Waals surface area (Å²) in [6, 6.07) is -0.635.